The number of carbonyl (C=O) groups excluding carboxylic acids is 1. The van der Waals surface area contributed by atoms with Gasteiger partial charge in [-0.15, -0.1) is 0 Å². The lowest BCUT2D eigenvalue weighted by molar-refractivity contribution is 0.0939. The summed E-state index contributed by atoms with van der Waals surface area (Å²) in [6, 6.07) is 11.0. The second-order valence-electron chi connectivity index (χ2n) is 5.58. The monoisotopic (exact) mass is 336 g/mol. The standard InChI is InChI=1S/C19H16N2O4/c22-19(15-2-1-3-17-18(15)25-9-8-24-17)21-11-13-4-5-16(20-10-13)14-6-7-23-12-14/h1-7,10,12H,8-9,11H2,(H,21,22). The summed E-state index contributed by atoms with van der Waals surface area (Å²) in [4.78, 5) is 16.9. The number of furan rings is 1. The van der Waals surface area contributed by atoms with Crippen molar-refractivity contribution in [2.24, 2.45) is 0 Å². The number of pyridine rings is 1. The Bertz CT molecular complexity index is 873. The topological polar surface area (TPSA) is 73.6 Å². The largest absolute Gasteiger partial charge is 0.486 e. The van der Waals surface area contributed by atoms with Gasteiger partial charge in [0.2, 0.25) is 0 Å². The van der Waals surface area contributed by atoms with E-state index < -0.39 is 0 Å². The van der Waals surface area contributed by atoms with Crippen molar-refractivity contribution >= 4 is 5.91 Å². The van der Waals surface area contributed by atoms with Crippen LogP contribution < -0.4 is 14.8 Å². The van der Waals surface area contributed by atoms with Gasteiger partial charge in [0.1, 0.15) is 13.2 Å². The number of hydrogen-bond acceptors (Lipinski definition) is 5. The van der Waals surface area contributed by atoms with Crippen LogP contribution in [-0.4, -0.2) is 24.1 Å². The van der Waals surface area contributed by atoms with E-state index in [1.165, 1.54) is 0 Å². The number of rotatable bonds is 4. The van der Waals surface area contributed by atoms with Crippen LogP contribution in [0.25, 0.3) is 11.3 Å². The van der Waals surface area contributed by atoms with Crippen molar-refractivity contribution in [3.8, 4) is 22.8 Å². The van der Waals surface area contributed by atoms with Crippen LogP contribution in [0.5, 0.6) is 11.5 Å². The molecule has 0 saturated carbocycles. The predicted molar refractivity (Wildman–Crippen MR) is 90.5 cm³/mol. The van der Waals surface area contributed by atoms with Gasteiger partial charge in [0.15, 0.2) is 11.5 Å². The number of fused-ring (bicyclic) bond motifs is 1. The zero-order valence-corrected chi connectivity index (χ0v) is 13.4. The summed E-state index contributed by atoms with van der Waals surface area (Å²) in [5, 5.41) is 2.89. The maximum Gasteiger partial charge on any atom is 0.255 e. The minimum Gasteiger partial charge on any atom is -0.486 e. The molecule has 2 aromatic heterocycles. The second-order valence-corrected chi connectivity index (χ2v) is 5.58. The summed E-state index contributed by atoms with van der Waals surface area (Å²) < 4.78 is 16.1. The molecule has 3 heterocycles. The fraction of sp³-hybridized carbons (Fsp3) is 0.158. The van der Waals surface area contributed by atoms with Gasteiger partial charge in [-0.3, -0.25) is 9.78 Å². The summed E-state index contributed by atoms with van der Waals surface area (Å²) in [6.07, 6.45) is 4.99. The SMILES string of the molecule is O=C(NCc1ccc(-c2ccoc2)nc1)c1cccc2c1OCCO2. The number of nitrogens with one attached hydrogen (secondary N) is 1. The maximum absolute atomic E-state index is 12.5. The Morgan fingerprint density at radius 2 is 2.04 bits per heavy atom. The van der Waals surface area contributed by atoms with Crippen LogP contribution in [0.3, 0.4) is 0 Å². The summed E-state index contributed by atoms with van der Waals surface area (Å²) in [5.74, 6) is 0.894. The van der Waals surface area contributed by atoms with E-state index in [4.69, 9.17) is 13.9 Å². The molecule has 1 amide bonds. The van der Waals surface area contributed by atoms with Crippen molar-refractivity contribution in [1.29, 1.82) is 0 Å². The molecule has 3 aromatic rings. The van der Waals surface area contributed by atoms with Gasteiger partial charge in [-0.05, 0) is 29.8 Å². The van der Waals surface area contributed by atoms with Gasteiger partial charge in [0.05, 0.1) is 23.8 Å². The molecule has 1 aliphatic rings. The Hall–Kier alpha value is -3.28. The number of ether oxygens (including phenoxy) is 2. The van der Waals surface area contributed by atoms with Crippen molar-refractivity contribution < 1.29 is 18.7 Å². The molecule has 0 bridgehead atoms. The van der Waals surface area contributed by atoms with E-state index in [1.807, 2.05) is 18.2 Å². The first-order chi connectivity index (χ1) is 12.3. The van der Waals surface area contributed by atoms with Crippen LogP contribution >= 0.6 is 0 Å². The fourth-order valence-electron chi connectivity index (χ4n) is 2.64. The second kappa shape index (κ2) is 6.68. The van der Waals surface area contributed by atoms with Gasteiger partial charge >= 0.3 is 0 Å². The minimum atomic E-state index is -0.207. The minimum absolute atomic E-state index is 0.207. The predicted octanol–water partition coefficient (Wildman–Crippen LogP) is 3.04. The third-order valence-electron chi connectivity index (χ3n) is 3.91. The van der Waals surface area contributed by atoms with Crippen LogP contribution in [-0.2, 0) is 6.54 Å². The number of aromatic nitrogens is 1. The third-order valence-corrected chi connectivity index (χ3v) is 3.91. The number of amides is 1. The van der Waals surface area contributed by atoms with Crippen molar-refractivity contribution in [3.05, 3.63) is 66.2 Å². The van der Waals surface area contributed by atoms with E-state index in [0.29, 0.717) is 36.8 Å². The summed E-state index contributed by atoms with van der Waals surface area (Å²) >= 11 is 0. The summed E-state index contributed by atoms with van der Waals surface area (Å²) in [7, 11) is 0. The smallest absolute Gasteiger partial charge is 0.255 e. The number of benzene rings is 1. The molecule has 0 aliphatic carbocycles. The lowest BCUT2D eigenvalue weighted by Crippen LogP contribution is -2.25. The first-order valence-electron chi connectivity index (χ1n) is 7.95. The van der Waals surface area contributed by atoms with Gasteiger partial charge in [-0.1, -0.05) is 12.1 Å². The molecule has 1 aliphatic heterocycles. The lowest BCUT2D eigenvalue weighted by Gasteiger charge is -2.20. The van der Waals surface area contributed by atoms with E-state index >= 15 is 0 Å². The normalized spacial score (nSPS) is 12.6. The Labute approximate surface area is 144 Å². The molecule has 1 N–H and O–H groups in total. The number of nitrogens with zero attached hydrogens (tertiary/aromatic N) is 1. The van der Waals surface area contributed by atoms with Gasteiger partial charge in [0.25, 0.3) is 5.91 Å². The Morgan fingerprint density at radius 3 is 2.84 bits per heavy atom. The van der Waals surface area contributed by atoms with Crippen molar-refractivity contribution in [3.63, 3.8) is 0 Å². The Balaban J connectivity index is 1.44. The fourth-order valence-corrected chi connectivity index (χ4v) is 2.64. The van der Waals surface area contributed by atoms with Gasteiger partial charge in [-0.2, -0.15) is 0 Å². The third kappa shape index (κ3) is 3.19. The summed E-state index contributed by atoms with van der Waals surface area (Å²) in [5.41, 5.74) is 3.12. The molecule has 6 heteroatoms. The highest BCUT2D eigenvalue weighted by atomic mass is 16.6. The van der Waals surface area contributed by atoms with Crippen LogP contribution in [0.1, 0.15) is 15.9 Å². The highest BCUT2D eigenvalue weighted by Crippen LogP contribution is 2.33. The number of carbonyl (C=O) groups is 1. The zero-order valence-electron chi connectivity index (χ0n) is 13.4. The molecular weight excluding hydrogens is 320 g/mol. The van der Waals surface area contributed by atoms with Gasteiger partial charge < -0.3 is 19.2 Å². The van der Waals surface area contributed by atoms with E-state index in [0.717, 1.165) is 16.8 Å². The van der Waals surface area contributed by atoms with Crippen molar-refractivity contribution in [2.45, 2.75) is 6.54 Å². The average Bonchev–Trinajstić information content (AvgIpc) is 3.21. The van der Waals surface area contributed by atoms with Gasteiger partial charge in [0, 0.05) is 18.3 Å². The Kier molecular flexibility index (Phi) is 4.08. The zero-order chi connectivity index (χ0) is 17.1. The van der Waals surface area contributed by atoms with Crippen molar-refractivity contribution in [2.75, 3.05) is 13.2 Å². The maximum atomic E-state index is 12.5. The lowest BCUT2D eigenvalue weighted by atomic mass is 10.1. The molecule has 0 saturated heterocycles. The summed E-state index contributed by atoms with van der Waals surface area (Å²) in [6.45, 7) is 1.31. The van der Waals surface area contributed by atoms with Crippen LogP contribution in [0, 0.1) is 0 Å². The van der Waals surface area contributed by atoms with E-state index in [1.54, 1.807) is 36.9 Å². The van der Waals surface area contributed by atoms with Gasteiger partial charge in [-0.25, -0.2) is 0 Å². The molecule has 126 valence electrons. The molecule has 25 heavy (non-hydrogen) atoms. The first-order valence-corrected chi connectivity index (χ1v) is 7.95. The van der Waals surface area contributed by atoms with E-state index in [9.17, 15) is 4.79 Å². The molecule has 0 radical (unpaired) electrons. The molecular formula is C19H16N2O4. The van der Waals surface area contributed by atoms with Crippen LogP contribution in [0.4, 0.5) is 0 Å². The first kappa shape index (κ1) is 15.3. The molecule has 0 unspecified atom stereocenters. The molecule has 0 fully saturated rings. The van der Waals surface area contributed by atoms with E-state index in [2.05, 4.69) is 10.3 Å². The van der Waals surface area contributed by atoms with E-state index in [-0.39, 0.29) is 5.91 Å². The quantitative estimate of drug-likeness (QED) is 0.793. The average molecular weight is 336 g/mol. The molecule has 0 spiro atoms. The number of hydrogen-bond donors (Lipinski definition) is 1. The van der Waals surface area contributed by atoms with Crippen LogP contribution in [0.2, 0.25) is 0 Å². The number of para-hydroxylation sites is 1. The molecule has 0 atom stereocenters. The highest BCUT2D eigenvalue weighted by molar-refractivity contribution is 5.97. The van der Waals surface area contributed by atoms with Crippen molar-refractivity contribution in [1.82, 2.24) is 10.3 Å². The molecule has 6 nitrogen and oxygen atoms in total. The molecule has 4 rings (SSSR count). The Morgan fingerprint density at radius 1 is 1.12 bits per heavy atom. The highest BCUT2D eigenvalue weighted by Gasteiger charge is 2.20. The van der Waals surface area contributed by atoms with Crippen LogP contribution in [0.15, 0.2) is 59.5 Å². The molecule has 1 aromatic carbocycles.